The molecular weight excluding hydrogens is 342 g/mol. The average molecular weight is 361 g/mol. The van der Waals surface area contributed by atoms with Crippen LogP contribution in [0, 0.1) is 5.92 Å². The van der Waals surface area contributed by atoms with Crippen LogP contribution in [0.4, 0.5) is 5.69 Å². The van der Waals surface area contributed by atoms with Gasteiger partial charge in [0.2, 0.25) is 0 Å². The highest BCUT2D eigenvalue weighted by atomic mass is 32.2. The van der Waals surface area contributed by atoms with Gasteiger partial charge in [-0.25, -0.2) is 8.42 Å². The molecule has 1 amide bonds. The van der Waals surface area contributed by atoms with Gasteiger partial charge in [0.05, 0.1) is 17.4 Å². The largest absolute Gasteiger partial charge is 0.452 e. The van der Waals surface area contributed by atoms with Gasteiger partial charge >= 0.3 is 5.97 Å². The van der Waals surface area contributed by atoms with E-state index in [1.54, 1.807) is 6.07 Å². The summed E-state index contributed by atoms with van der Waals surface area (Å²) in [7, 11) is -3.17. The summed E-state index contributed by atoms with van der Waals surface area (Å²) < 4.78 is 28.0. The van der Waals surface area contributed by atoms with Crippen LogP contribution in [-0.4, -0.2) is 37.9 Å². The van der Waals surface area contributed by atoms with Gasteiger partial charge < -0.3 is 10.1 Å². The summed E-state index contributed by atoms with van der Waals surface area (Å²) in [5.41, 5.74) is 0.634. The lowest BCUT2D eigenvalue weighted by Gasteiger charge is -2.16. The molecule has 1 N–H and O–H groups in total. The van der Waals surface area contributed by atoms with Crippen molar-refractivity contribution in [3.63, 3.8) is 0 Å². The predicted octanol–water partition coefficient (Wildman–Crippen LogP) is 2.14. The summed E-state index contributed by atoms with van der Waals surface area (Å²) in [6, 6.07) is 13.2. The Bertz CT molecular complexity index is 917. The quantitative estimate of drug-likeness (QED) is 0.843. The maximum Gasteiger partial charge on any atom is 0.310 e. The highest BCUT2D eigenvalue weighted by Crippen LogP contribution is 2.24. The Kier molecular flexibility index (Phi) is 4.76. The third kappa shape index (κ3) is 3.99. The smallest absolute Gasteiger partial charge is 0.310 e. The molecular formula is C18H19NO5S. The van der Waals surface area contributed by atoms with Crippen LogP contribution in [0.15, 0.2) is 42.5 Å². The molecule has 7 heteroatoms. The van der Waals surface area contributed by atoms with Crippen molar-refractivity contribution in [3.8, 4) is 0 Å². The predicted molar refractivity (Wildman–Crippen MR) is 94.9 cm³/mol. The Balaban J connectivity index is 1.65. The maximum atomic E-state index is 12.3. The van der Waals surface area contributed by atoms with E-state index >= 15 is 0 Å². The van der Waals surface area contributed by atoms with Gasteiger partial charge in [0, 0.05) is 11.1 Å². The summed E-state index contributed by atoms with van der Waals surface area (Å²) in [4.78, 5) is 24.4. The number of sulfone groups is 1. The molecule has 0 spiro atoms. The van der Waals surface area contributed by atoms with Gasteiger partial charge in [-0.1, -0.05) is 36.4 Å². The van der Waals surface area contributed by atoms with E-state index in [0.717, 1.165) is 10.8 Å². The van der Waals surface area contributed by atoms with Crippen LogP contribution >= 0.6 is 0 Å². The average Bonchev–Trinajstić information content (AvgIpc) is 2.95. The first-order valence-electron chi connectivity index (χ1n) is 8.05. The summed E-state index contributed by atoms with van der Waals surface area (Å²) in [6.45, 7) is 1.47. The van der Waals surface area contributed by atoms with Gasteiger partial charge in [0.25, 0.3) is 5.91 Å². The van der Waals surface area contributed by atoms with Gasteiger partial charge in [0.15, 0.2) is 15.9 Å². The third-order valence-corrected chi connectivity index (χ3v) is 6.04. The molecule has 2 atom stereocenters. The fraction of sp³-hybridized carbons (Fsp3) is 0.333. The molecule has 0 aliphatic carbocycles. The molecule has 1 aliphatic heterocycles. The van der Waals surface area contributed by atoms with Crippen LogP contribution in [0.2, 0.25) is 0 Å². The number of nitrogens with one attached hydrogen (secondary N) is 1. The monoisotopic (exact) mass is 361 g/mol. The Hall–Kier alpha value is -2.41. The van der Waals surface area contributed by atoms with E-state index in [0.29, 0.717) is 5.69 Å². The second-order valence-electron chi connectivity index (χ2n) is 6.20. The summed E-state index contributed by atoms with van der Waals surface area (Å²) in [5, 5.41) is 4.64. The molecule has 0 saturated carbocycles. The molecule has 1 saturated heterocycles. The summed E-state index contributed by atoms with van der Waals surface area (Å²) in [5.74, 6) is -1.99. The number of hydrogen-bond donors (Lipinski definition) is 1. The molecule has 2 aromatic rings. The van der Waals surface area contributed by atoms with E-state index in [-0.39, 0.29) is 17.9 Å². The molecule has 0 radical (unpaired) electrons. The molecule has 0 bridgehead atoms. The number of rotatable bonds is 4. The van der Waals surface area contributed by atoms with Crippen molar-refractivity contribution in [2.24, 2.45) is 5.92 Å². The topological polar surface area (TPSA) is 89.5 Å². The second-order valence-corrected chi connectivity index (χ2v) is 8.42. The zero-order chi connectivity index (χ0) is 18.0. The molecule has 0 aromatic heterocycles. The summed E-state index contributed by atoms with van der Waals surface area (Å²) >= 11 is 0. The number of benzene rings is 2. The highest BCUT2D eigenvalue weighted by Gasteiger charge is 2.35. The van der Waals surface area contributed by atoms with Gasteiger partial charge in [-0.3, -0.25) is 9.59 Å². The van der Waals surface area contributed by atoms with Crippen molar-refractivity contribution in [2.45, 2.75) is 19.4 Å². The van der Waals surface area contributed by atoms with Crippen LogP contribution in [-0.2, 0) is 24.2 Å². The molecule has 25 heavy (non-hydrogen) atoms. The summed E-state index contributed by atoms with van der Waals surface area (Å²) in [6.07, 6.45) is -0.756. The maximum absolute atomic E-state index is 12.3. The molecule has 132 valence electrons. The SMILES string of the molecule is CC(OC(=O)C1CCS(=O)(=O)C1)C(=O)Nc1cccc2ccccc12. The molecule has 1 heterocycles. The number of fused-ring (bicyclic) bond motifs is 1. The molecule has 6 nitrogen and oxygen atoms in total. The Morgan fingerprint density at radius 3 is 2.60 bits per heavy atom. The molecule has 1 fully saturated rings. The van der Waals surface area contributed by atoms with E-state index in [2.05, 4.69) is 5.32 Å². The Morgan fingerprint density at radius 1 is 1.16 bits per heavy atom. The number of anilines is 1. The first-order valence-corrected chi connectivity index (χ1v) is 9.87. The zero-order valence-electron chi connectivity index (χ0n) is 13.8. The standard InChI is InChI=1S/C18H19NO5S/c1-12(24-18(21)14-9-10-25(22,23)11-14)17(20)19-16-8-4-6-13-5-2-3-7-15(13)16/h2-8,12,14H,9-11H2,1H3,(H,19,20). The van der Waals surface area contributed by atoms with Crippen molar-refractivity contribution >= 4 is 38.2 Å². The van der Waals surface area contributed by atoms with Crippen molar-refractivity contribution in [1.82, 2.24) is 0 Å². The number of esters is 1. The van der Waals surface area contributed by atoms with Gasteiger partial charge in [-0.05, 0) is 24.8 Å². The van der Waals surface area contributed by atoms with Gasteiger partial charge in [-0.2, -0.15) is 0 Å². The number of carbonyl (C=O) groups excluding carboxylic acids is 2. The number of amides is 1. The van der Waals surface area contributed by atoms with Gasteiger partial charge in [0.1, 0.15) is 0 Å². The molecule has 2 aromatic carbocycles. The number of carbonyl (C=O) groups is 2. The fourth-order valence-electron chi connectivity index (χ4n) is 2.87. The molecule has 3 rings (SSSR count). The van der Waals surface area contributed by atoms with Crippen LogP contribution in [0.1, 0.15) is 13.3 Å². The van der Waals surface area contributed by atoms with E-state index < -0.39 is 33.7 Å². The van der Waals surface area contributed by atoms with Crippen molar-refractivity contribution < 1.29 is 22.7 Å². The first-order chi connectivity index (χ1) is 11.9. The lowest BCUT2D eigenvalue weighted by atomic mass is 10.1. The van der Waals surface area contributed by atoms with E-state index in [9.17, 15) is 18.0 Å². The molecule has 1 aliphatic rings. The minimum Gasteiger partial charge on any atom is -0.452 e. The first kappa shape index (κ1) is 17.4. The third-order valence-electron chi connectivity index (χ3n) is 4.28. The Morgan fingerprint density at radius 2 is 1.88 bits per heavy atom. The van der Waals surface area contributed by atoms with Crippen molar-refractivity contribution in [3.05, 3.63) is 42.5 Å². The van der Waals surface area contributed by atoms with Crippen LogP contribution < -0.4 is 5.32 Å². The highest BCUT2D eigenvalue weighted by molar-refractivity contribution is 7.91. The van der Waals surface area contributed by atoms with Gasteiger partial charge in [-0.15, -0.1) is 0 Å². The van der Waals surface area contributed by atoms with E-state index in [1.165, 1.54) is 6.92 Å². The minimum atomic E-state index is -3.17. The van der Waals surface area contributed by atoms with E-state index in [4.69, 9.17) is 4.74 Å². The van der Waals surface area contributed by atoms with E-state index in [1.807, 2.05) is 36.4 Å². The zero-order valence-corrected chi connectivity index (χ0v) is 14.6. The normalized spacial score (nSPS) is 20.1. The fourth-order valence-corrected chi connectivity index (χ4v) is 4.60. The van der Waals surface area contributed by atoms with Crippen molar-refractivity contribution in [2.75, 3.05) is 16.8 Å². The lowest BCUT2D eigenvalue weighted by Crippen LogP contribution is -2.32. The molecule has 2 unspecified atom stereocenters. The Labute approximate surface area is 146 Å². The second kappa shape index (κ2) is 6.84. The van der Waals surface area contributed by atoms with Crippen LogP contribution in [0.25, 0.3) is 10.8 Å². The number of ether oxygens (including phenoxy) is 1. The minimum absolute atomic E-state index is 0.0106. The number of hydrogen-bond acceptors (Lipinski definition) is 5. The van der Waals surface area contributed by atoms with Crippen LogP contribution in [0.3, 0.4) is 0 Å². The van der Waals surface area contributed by atoms with Crippen molar-refractivity contribution in [1.29, 1.82) is 0 Å². The van der Waals surface area contributed by atoms with Crippen LogP contribution in [0.5, 0.6) is 0 Å². The lowest BCUT2D eigenvalue weighted by molar-refractivity contribution is -0.156.